The molecule has 0 aliphatic carbocycles. The molecule has 0 saturated carbocycles. The summed E-state index contributed by atoms with van der Waals surface area (Å²) < 4.78 is 15.5. The predicted molar refractivity (Wildman–Crippen MR) is 107 cm³/mol. The minimum atomic E-state index is -0.625. The van der Waals surface area contributed by atoms with Crippen molar-refractivity contribution in [2.75, 3.05) is 18.7 Å². The molecule has 1 N–H and O–H groups in total. The van der Waals surface area contributed by atoms with E-state index < -0.39 is 5.97 Å². The van der Waals surface area contributed by atoms with Crippen LogP contribution in [0, 0.1) is 0 Å². The number of hydrogen-bond donors (Lipinski definition) is 1. The third-order valence-electron chi connectivity index (χ3n) is 4.12. The first kappa shape index (κ1) is 20.1. The molecule has 0 aromatic heterocycles. The van der Waals surface area contributed by atoms with E-state index >= 15 is 0 Å². The van der Waals surface area contributed by atoms with E-state index in [1.165, 1.54) is 6.08 Å². The number of carbonyl (C=O) groups excluding carboxylic acids is 3. The summed E-state index contributed by atoms with van der Waals surface area (Å²) in [5, 5.41) is 2.75. The summed E-state index contributed by atoms with van der Waals surface area (Å²) in [6.07, 6.45) is 4.02. The monoisotopic (exact) mass is 395 g/mol. The third-order valence-corrected chi connectivity index (χ3v) is 4.12. The summed E-state index contributed by atoms with van der Waals surface area (Å²) in [7, 11) is 0. The fourth-order valence-electron chi connectivity index (χ4n) is 2.64. The molecule has 2 aromatic carbocycles. The molecule has 0 bridgehead atoms. The number of ether oxygens (including phenoxy) is 3. The number of benzene rings is 2. The number of fused-ring (bicyclic) bond motifs is 1. The fourth-order valence-corrected chi connectivity index (χ4v) is 2.64. The van der Waals surface area contributed by atoms with Gasteiger partial charge in [-0.15, -0.1) is 0 Å². The normalized spacial score (nSPS) is 12.0. The summed E-state index contributed by atoms with van der Waals surface area (Å²) in [5.74, 6) is 0.242. The first-order chi connectivity index (χ1) is 14.0. The maximum absolute atomic E-state index is 12.2. The van der Waals surface area contributed by atoms with Crippen molar-refractivity contribution in [3.63, 3.8) is 0 Å². The zero-order chi connectivity index (χ0) is 20.6. The van der Waals surface area contributed by atoms with E-state index in [1.54, 1.807) is 48.5 Å². The van der Waals surface area contributed by atoms with Crippen LogP contribution in [0.25, 0.3) is 6.08 Å². The number of ketones is 1. The van der Waals surface area contributed by atoms with E-state index in [4.69, 9.17) is 14.2 Å². The quantitative estimate of drug-likeness (QED) is 0.417. The molecule has 150 valence electrons. The zero-order valence-corrected chi connectivity index (χ0v) is 16.0. The van der Waals surface area contributed by atoms with Crippen LogP contribution in [0.4, 0.5) is 5.69 Å². The van der Waals surface area contributed by atoms with Crippen LogP contribution in [-0.2, 0) is 14.3 Å². The molecule has 2 aromatic rings. The molecule has 0 radical (unpaired) electrons. The van der Waals surface area contributed by atoms with Gasteiger partial charge in [0.25, 0.3) is 0 Å². The standard InChI is InChI=1S/C22H21NO6/c1-2-3-21(25)23-17-8-6-16(7-9-17)18(24)13-27-22(26)11-5-15-4-10-19-20(12-15)29-14-28-19/h4-12H,2-3,13-14H2,1H3,(H,23,25)/b11-5+. The van der Waals surface area contributed by atoms with E-state index in [1.807, 2.05) is 6.92 Å². The molecular weight excluding hydrogens is 374 g/mol. The molecule has 0 fully saturated rings. The van der Waals surface area contributed by atoms with Crippen LogP contribution in [0.1, 0.15) is 35.7 Å². The smallest absolute Gasteiger partial charge is 0.331 e. The molecule has 1 amide bonds. The van der Waals surface area contributed by atoms with Crippen molar-refractivity contribution in [1.29, 1.82) is 0 Å². The van der Waals surface area contributed by atoms with Crippen molar-refractivity contribution >= 4 is 29.4 Å². The van der Waals surface area contributed by atoms with Crippen LogP contribution < -0.4 is 14.8 Å². The van der Waals surface area contributed by atoms with Gasteiger partial charge in [-0.05, 0) is 54.5 Å². The van der Waals surface area contributed by atoms with Gasteiger partial charge < -0.3 is 19.5 Å². The number of anilines is 1. The van der Waals surface area contributed by atoms with Crippen LogP contribution in [0.3, 0.4) is 0 Å². The minimum absolute atomic E-state index is 0.0743. The van der Waals surface area contributed by atoms with Crippen molar-refractivity contribution in [2.45, 2.75) is 19.8 Å². The van der Waals surface area contributed by atoms with E-state index in [2.05, 4.69) is 5.32 Å². The Morgan fingerprint density at radius 1 is 1.07 bits per heavy atom. The highest BCUT2D eigenvalue weighted by Gasteiger charge is 2.13. The molecule has 1 aliphatic heterocycles. The molecule has 29 heavy (non-hydrogen) atoms. The van der Waals surface area contributed by atoms with Crippen molar-refractivity contribution in [2.24, 2.45) is 0 Å². The number of amides is 1. The SMILES string of the molecule is CCCC(=O)Nc1ccc(C(=O)COC(=O)/C=C/c2ccc3c(c2)OCO3)cc1. The lowest BCUT2D eigenvalue weighted by atomic mass is 10.1. The predicted octanol–water partition coefficient (Wildman–Crippen LogP) is 3.59. The largest absolute Gasteiger partial charge is 0.454 e. The van der Waals surface area contributed by atoms with Crippen molar-refractivity contribution in [3.05, 3.63) is 59.7 Å². The molecule has 1 heterocycles. The number of nitrogens with one attached hydrogen (secondary N) is 1. The molecule has 0 spiro atoms. The lowest BCUT2D eigenvalue weighted by Crippen LogP contribution is -2.13. The van der Waals surface area contributed by atoms with Gasteiger partial charge in [-0.3, -0.25) is 9.59 Å². The maximum Gasteiger partial charge on any atom is 0.331 e. The van der Waals surface area contributed by atoms with E-state index in [0.29, 0.717) is 29.2 Å². The summed E-state index contributed by atoms with van der Waals surface area (Å²) in [5.41, 5.74) is 1.76. The molecular formula is C22H21NO6. The Balaban J connectivity index is 1.48. The van der Waals surface area contributed by atoms with Gasteiger partial charge in [-0.25, -0.2) is 4.79 Å². The highest BCUT2D eigenvalue weighted by Crippen LogP contribution is 2.32. The first-order valence-electron chi connectivity index (χ1n) is 9.23. The van der Waals surface area contributed by atoms with Crippen LogP contribution in [0.2, 0.25) is 0 Å². The Labute approximate surface area is 168 Å². The van der Waals surface area contributed by atoms with Gasteiger partial charge in [0.2, 0.25) is 12.7 Å². The molecule has 3 rings (SSSR count). The fraction of sp³-hybridized carbons (Fsp3) is 0.227. The molecule has 7 nitrogen and oxygen atoms in total. The molecule has 1 aliphatic rings. The average molecular weight is 395 g/mol. The second-order valence-electron chi connectivity index (χ2n) is 6.35. The van der Waals surface area contributed by atoms with Gasteiger partial charge >= 0.3 is 5.97 Å². The Kier molecular flexibility index (Phi) is 6.63. The Bertz CT molecular complexity index is 933. The molecule has 7 heteroatoms. The van der Waals surface area contributed by atoms with E-state index in [0.717, 1.165) is 12.0 Å². The van der Waals surface area contributed by atoms with Crippen LogP contribution in [0.5, 0.6) is 11.5 Å². The third kappa shape index (κ3) is 5.68. The van der Waals surface area contributed by atoms with Crippen molar-refractivity contribution in [3.8, 4) is 11.5 Å². The van der Waals surface area contributed by atoms with Crippen LogP contribution in [-0.4, -0.2) is 31.1 Å². The van der Waals surface area contributed by atoms with Gasteiger partial charge in [0.1, 0.15) is 0 Å². The Morgan fingerprint density at radius 3 is 2.59 bits per heavy atom. The molecule has 0 saturated heterocycles. The van der Waals surface area contributed by atoms with Crippen molar-refractivity contribution < 1.29 is 28.6 Å². The summed E-state index contributed by atoms with van der Waals surface area (Å²) >= 11 is 0. The topological polar surface area (TPSA) is 90.9 Å². The van der Waals surface area contributed by atoms with Gasteiger partial charge in [-0.1, -0.05) is 13.0 Å². The second-order valence-corrected chi connectivity index (χ2v) is 6.35. The molecule has 0 atom stereocenters. The van der Waals surface area contributed by atoms with E-state index in [-0.39, 0.29) is 25.1 Å². The number of Topliss-reactive ketones (excluding diaryl/α,β-unsaturated/α-hetero) is 1. The average Bonchev–Trinajstić information content (AvgIpc) is 3.19. The number of esters is 1. The summed E-state index contributed by atoms with van der Waals surface area (Å²) in [6, 6.07) is 11.7. The summed E-state index contributed by atoms with van der Waals surface area (Å²) in [6.45, 7) is 1.73. The Hall–Kier alpha value is -3.61. The lowest BCUT2D eigenvalue weighted by Gasteiger charge is -2.06. The number of carbonyl (C=O) groups is 3. The zero-order valence-electron chi connectivity index (χ0n) is 16.0. The minimum Gasteiger partial charge on any atom is -0.454 e. The highest BCUT2D eigenvalue weighted by molar-refractivity contribution is 5.99. The highest BCUT2D eigenvalue weighted by atomic mass is 16.7. The first-order valence-corrected chi connectivity index (χ1v) is 9.23. The van der Waals surface area contributed by atoms with Gasteiger partial charge in [0.15, 0.2) is 23.9 Å². The van der Waals surface area contributed by atoms with Gasteiger partial charge in [0.05, 0.1) is 0 Å². The van der Waals surface area contributed by atoms with Crippen LogP contribution in [0.15, 0.2) is 48.5 Å². The second kappa shape index (κ2) is 9.54. The van der Waals surface area contributed by atoms with Crippen molar-refractivity contribution in [1.82, 2.24) is 0 Å². The van der Waals surface area contributed by atoms with Gasteiger partial charge in [-0.2, -0.15) is 0 Å². The maximum atomic E-state index is 12.2. The Morgan fingerprint density at radius 2 is 1.83 bits per heavy atom. The number of rotatable bonds is 8. The lowest BCUT2D eigenvalue weighted by molar-refractivity contribution is -0.136. The molecule has 0 unspecified atom stereocenters. The van der Waals surface area contributed by atoms with Gasteiger partial charge in [0, 0.05) is 23.7 Å². The number of hydrogen-bond acceptors (Lipinski definition) is 6. The van der Waals surface area contributed by atoms with Crippen LogP contribution >= 0.6 is 0 Å². The summed E-state index contributed by atoms with van der Waals surface area (Å²) in [4.78, 5) is 35.6. The van der Waals surface area contributed by atoms with E-state index in [9.17, 15) is 14.4 Å².